The van der Waals surface area contributed by atoms with E-state index in [2.05, 4.69) is 74.6 Å². The van der Waals surface area contributed by atoms with Crippen LogP contribution in [0.15, 0.2) is 48.5 Å². The molecule has 0 aliphatic carbocycles. The van der Waals surface area contributed by atoms with Crippen LogP contribution >= 0.6 is 0 Å². The molecule has 0 bridgehead atoms. The normalized spacial score (nSPS) is 12.1. The van der Waals surface area contributed by atoms with Crippen molar-refractivity contribution in [2.45, 2.75) is 59.0 Å². The summed E-state index contributed by atoms with van der Waals surface area (Å²) in [6, 6.07) is 17.7. The van der Waals surface area contributed by atoms with Crippen LogP contribution < -0.4 is 10.1 Å². The van der Waals surface area contributed by atoms with Crippen molar-refractivity contribution >= 4 is 0 Å². The Kier molecular flexibility index (Phi) is 7.84. The maximum Gasteiger partial charge on any atom is 0.119 e. The molecule has 0 spiro atoms. The van der Waals surface area contributed by atoms with E-state index in [9.17, 15) is 0 Å². The van der Waals surface area contributed by atoms with Crippen molar-refractivity contribution in [3.8, 4) is 5.75 Å². The Balaban J connectivity index is 1.86. The van der Waals surface area contributed by atoms with E-state index in [0.29, 0.717) is 6.04 Å². The summed E-state index contributed by atoms with van der Waals surface area (Å²) in [4.78, 5) is 0. The van der Waals surface area contributed by atoms with Gasteiger partial charge < -0.3 is 10.1 Å². The molecule has 2 heteroatoms. The van der Waals surface area contributed by atoms with Crippen molar-refractivity contribution in [2.24, 2.45) is 0 Å². The average Bonchev–Trinajstić information content (AvgIpc) is 2.62. The standard InChI is InChI=1S/C22H31NO/c1-4-6-7-16-24-21-14-12-20(13-15-21)22(5-2)23-17-19-10-8-18(3)9-11-19/h8-15,22-23H,4-7,16-17H2,1-3H3. The smallest absolute Gasteiger partial charge is 0.119 e. The molecule has 2 rings (SSSR count). The lowest BCUT2D eigenvalue weighted by Gasteiger charge is -2.18. The third-order valence-electron chi connectivity index (χ3n) is 4.38. The molecule has 0 saturated heterocycles. The summed E-state index contributed by atoms with van der Waals surface area (Å²) in [6.45, 7) is 8.27. The van der Waals surface area contributed by atoms with Crippen LogP contribution in [0, 0.1) is 6.92 Å². The zero-order chi connectivity index (χ0) is 17.2. The Hall–Kier alpha value is -1.80. The molecule has 2 nitrogen and oxygen atoms in total. The molecule has 1 atom stereocenters. The average molecular weight is 325 g/mol. The van der Waals surface area contributed by atoms with Crippen LogP contribution in [0.2, 0.25) is 0 Å². The number of hydrogen-bond acceptors (Lipinski definition) is 2. The fraction of sp³-hybridized carbons (Fsp3) is 0.455. The molecule has 0 saturated carbocycles. The van der Waals surface area contributed by atoms with Gasteiger partial charge in [0.2, 0.25) is 0 Å². The topological polar surface area (TPSA) is 21.3 Å². The van der Waals surface area contributed by atoms with Crippen LogP contribution in [-0.4, -0.2) is 6.61 Å². The van der Waals surface area contributed by atoms with E-state index in [-0.39, 0.29) is 0 Å². The van der Waals surface area contributed by atoms with Crippen molar-refractivity contribution in [1.29, 1.82) is 0 Å². The summed E-state index contributed by atoms with van der Waals surface area (Å²) >= 11 is 0. The van der Waals surface area contributed by atoms with Gasteiger partial charge in [0.05, 0.1) is 6.61 Å². The lowest BCUT2D eigenvalue weighted by molar-refractivity contribution is 0.306. The van der Waals surface area contributed by atoms with Crippen LogP contribution in [0.4, 0.5) is 0 Å². The molecule has 0 aliphatic rings. The van der Waals surface area contributed by atoms with Gasteiger partial charge in [0.1, 0.15) is 5.75 Å². The molecule has 0 fully saturated rings. The number of ether oxygens (including phenoxy) is 1. The van der Waals surface area contributed by atoms with Crippen molar-refractivity contribution in [1.82, 2.24) is 5.32 Å². The molecule has 2 aromatic rings. The molecule has 0 radical (unpaired) electrons. The number of hydrogen-bond donors (Lipinski definition) is 1. The minimum absolute atomic E-state index is 0.375. The van der Waals surface area contributed by atoms with Gasteiger partial charge in [-0.25, -0.2) is 0 Å². The van der Waals surface area contributed by atoms with E-state index >= 15 is 0 Å². The first-order valence-corrected chi connectivity index (χ1v) is 9.24. The molecule has 130 valence electrons. The molecule has 0 heterocycles. The molecule has 0 amide bonds. The van der Waals surface area contributed by atoms with Crippen LogP contribution in [0.1, 0.15) is 62.3 Å². The molecule has 0 aromatic heterocycles. The lowest BCUT2D eigenvalue weighted by atomic mass is 10.0. The molecule has 1 N–H and O–H groups in total. The van der Waals surface area contributed by atoms with E-state index in [1.165, 1.54) is 29.5 Å². The minimum atomic E-state index is 0.375. The van der Waals surface area contributed by atoms with Gasteiger partial charge in [0, 0.05) is 12.6 Å². The molecular weight excluding hydrogens is 294 g/mol. The van der Waals surface area contributed by atoms with E-state index in [1.807, 2.05) is 0 Å². The summed E-state index contributed by atoms with van der Waals surface area (Å²) in [5.74, 6) is 0.975. The highest BCUT2D eigenvalue weighted by Crippen LogP contribution is 2.21. The second kappa shape index (κ2) is 10.1. The van der Waals surface area contributed by atoms with Gasteiger partial charge in [0.25, 0.3) is 0 Å². The maximum absolute atomic E-state index is 5.80. The maximum atomic E-state index is 5.80. The first-order chi connectivity index (χ1) is 11.7. The van der Waals surface area contributed by atoms with Gasteiger partial charge >= 0.3 is 0 Å². The SMILES string of the molecule is CCCCCOc1ccc(C(CC)NCc2ccc(C)cc2)cc1. The summed E-state index contributed by atoms with van der Waals surface area (Å²) < 4.78 is 5.80. The summed E-state index contributed by atoms with van der Waals surface area (Å²) in [5, 5.41) is 3.66. The fourth-order valence-electron chi connectivity index (χ4n) is 2.78. The largest absolute Gasteiger partial charge is 0.494 e. The number of unbranched alkanes of at least 4 members (excludes halogenated alkanes) is 2. The Morgan fingerprint density at radius 2 is 1.62 bits per heavy atom. The molecular formula is C22H31NO. The Morgan fingerprint density at radius 3 is 2.25 bits per heavy atom. The monoisotopic (exact) mass is 325 g/mol. The van der Waals surface area contributed by atoms with Crippen molar-refractivity contribution < 1.29 is 4.74 Å². The van der Waals surface area contributed by atoms with Gasteiger partial charge in [-0.05, 0) is 43.0 Å². The predicted molar refractivity (Wildman–Crippen MR) is 103 cm³/mol. The van der Waals surface area contributed by atoms with Gasteiger partial charge in [0.15, 0.2) is 0 Å². The van der Waals surface area contributed by atoms with Crippen LogP contribution in [0.5, 0.6) is 5.75 Å². The second-order valence-electron chi connectivity index (χ2n) is 6.45. The summed E-state index contributed by atoms with van der Waals surface area (Å²) in [5.41, 5.74) is 3.96. The molecule has 1 unspecified atom stereocenters. The molecule has 0 aliphatic heterocycles. The van der Waals surface area contributed by atoms with Gasteiger partial charge in [-0.1, -0.05) is 68.7 Å². The van der Waals surface area contributed by atoms with Crippen molar-refractivity contribution in [2.75, 3.05) is 6.61 Å². The lowest BCUT2D eigenvalue weighted by Crippen LogP contribution is -2.20. The summed E-state index contributed by atoms with van der Waals surface area (Å²) in [6.07, 6.45) is 4.67. The Bertz CT molecular complexity index is 574. The van der Waals surface area contributed by atoms with Crippen LogP contribution in [-0.2, 0) is 6.54 Å². The number of aryl methyl sites for hydroxylation is 1. The highest BCUT2D eigenvalue weighted by Gasteiger charge is 2.09. The predicted octanol–water partition coefficient (Wildman–Crippen LogP) is 5.80. The highest BCUT2D eigenvalue weighted by atomic mass is 16.5. The molecule has 24 heavy (non-hydrogen) atoms. The van der Waals surface area contributed by atoms with Gasteiger partial charge in [-0.3, -0.25) is 0 Å². The van der Waals surface area contributed by atoms with E-state index in [1.54, 1.807) is 0 Å². The summed E-state index contributed by atoms with van der Waals surface area (Å²) in [7, 11) is 0. The molecule has 2 aromatic carbocycles. The Morgan fingerprint density at radius 1 is 0.917 bits per heavy atom. The number of nitrogens with one attached hydrogen (secondary N) is 1. The fourth-order valence-corrected chi connectivity index (χ4v) is 2.78. The number of rotatable bonds is 10. The minimum Gasteiger partial charge on any atom is -0.494 e. The van der Waals surface area contributed by atoms with Crippen LogP contribution in [0.25, 0.3) is 0 Å². The van der Waals surface area contributed by atoms with Crippen molar-refractivity contribution in [3.05, 3.63) is 65.2 Å². The third kappa shape index (κ3) is 6.01. The van der Waals surface area contributed by atoms with Crippen molar-refractivity contribution in [3.63, 3.8) is 0 Å². The zero-order valence-corrected chi connectivity index (χ0v) is 15.3. The van der Waals surface area contributed by atoms with E-state index < -0.39 is 0 Å². The Labute approximate surface area is 147 Å². The first-order valence-electron chi connectivity index (χ1n) is 9.24. The third-order valence-corrected chi connectivity index (χ3v) is 4.38. The van der Waals surface area contributed by atoms with Gasteiger partial charge in [-0.2, -0.15) is 0 Å². The second-order valence-corrected chi connectivity index (χ2v) is 6.45. The number of benzene rings is 2. The van der Waals surface area contributed by atoms with Gasteiger partial charge in [-0.15, -0.1) is 0 Å². The van der Waals surface area contributed by atoms with Crippen LogP contribution in [0.3, 0.4) is 0 Å². The van der Waals surface area contributed by atoms with E-state index in [4.69, 9.17) is 4.74 Å². The quantitative estimate of drug-likeness (QED) is 0.557. The van der Waals surface area contributed by atoms with E-state index in [0.717, 1.165) is 31.7 Å². The zero-order valence-electron chi connectivity index (χ0n) is 15.3. The first kappa shape index (κ1) is 18.5. The highest BCUT2D eigenvalue weighted by molar-refractivity contribution is 5.29.